The molecule has 3 N–H and O–H groups in total. The molecule has 0 aromatic heterocycles. The van der Waals surface area contributed by atoms with E-state index in [9.17, 15) is 15.2 Å². The number of ketones is 1. The van der Waals surface area contributed by atoms with E-state index in [2.05, 4.69) is 19.9 Å². The number of aryl methyl sites for hydroxylation is 1. The van der Waals surface area contributed by atoms with Crippen LogP contribution in [0.15, 0.2) is 65.1 Å². The summed E-state index contributed by atoms with van der Waals surface area (Å²) in [4.78, 5) is 15.4. The first kappa shape index (κ1) is 21.5. The van der Waals surface area contributed by atoms with Gasteiger partial charge in [0.2, 0.25) is 0 Å². The summed E-state index contributed by atoms with van der Waals surface area (Å²) in [6.45, 7) is 6.13. The van der Waals surface area contributed by atoms with Gasteiger partial charge in [0.05, 0.1) is 30.4 Å². The number of allylic oxidation sites excluding steroid dienone is 3. The number of para-hydroxylation sites is 1. The largest absolute Gasteiger partial charge is 0.504 e. The Bertz CT molecular complexity index is 1220. The number of phenols is 1. The molecule has 2 aromatic rings. The van der Waals surface area contributed by atoms with E-state index >= 15 is 0 Å². The highest BCUT2D eigenvalue weighted by Gasteiger charge is 2.45. The summed E-state index contributed by atoms with van der Waals surface area (Å²) in [5.41, 5.74) is 10.7. The molecule has 0 bridgehead atoms. The molecule has 0 saturated carbocycles. The maximum absolute atomic E-state index is 13.5. The van der Waals surface area contributed by atoms with Gasteiger partial charge in [-0.15, -0.1) is 0 Å². The smallest absolute Gasteiger partial charge is 0.162 e. The van der Waals surface area contributed by atoms with Crippen LogP contribution in [0.4, 0.5) is 5.69 Å². The molecule has 0 spiro atoms. The number of hydrogen-bond donors (Lipinski definition) is 2. The normalized spacial score (nSPS) is 20.2. The Balaban J connectivity index is 2.02. The molecule has 164 valence electrons. The van der Waals surface area contributed by atoms with E-state index in [0.29, 0.717) is 35.4 Å². The van der Waals surface area contributed by atoms with Crippen molar-refractivity contribution < 1.29 is 14.6 Å². The van der Waals surface area contributed by atoms with Gasteiger partial charge in [0.25, 0.3) is 0 Å². The van der Waals surface area contributed by atoms with Crippen LogP contribution in [0.1, 0.15) is 43.7 Å². The molecule has 2 aliphatic rings. The van der Waals surface area contributed by atoms with E-state index in [0.717, 1.165) is 16.9 Å². The Kier molecular flexibility index (Phi) is 5.21. The number of hydrogen-bond acceptors (Lipinski definition) is 6. The molecule has 6 heteroatoms. The van der Waals surface area contributed by atoms with Gasteiger partial charge in [-0.1, -0.05) is 38.1 Å². The van der Waals surface area contributed by atoms with Crippen molar-refractivity contribution in [2.45, 2.75) is 39.5 Å². The monoisotopic (exact) mass is 429 g/mol. The van der Waals surface area contributed by atoms with Crippen molar-refractivity contribution in [3.8, 4) is 17.6 Å². The summed E-state index contributed by atoms with van der Waals surface area (Å²) in [5, 5.41) is 20.2. The Morgan fingerprint density at radius 1 is 1.22 bits per heavy atom. The fraction of sp³-hybridized carbons (Fsp3) is 0.308. The molecular weight excluding hydrogens is 402 g/mol. The number of anilines is 1. The van der Waals surface area contributed by atoms with Crippen molar-refractivity contribution in [1.82, 2.24) is 0 Å². The number of phenolic OH excluding ortho intramolecular Hbond substituents is 1. The van der Waals surface area contributed by atoms with Gasteiger partial charge in [-0.05, 0) is 48.1 Å². The van der Waals surface area contributed by atoms with E-state index in [4.69, 9.17) is 10.5 Å². The summed E-state index contributed by atoms with van der Waals surface area (Å²) >= 11 is 0. The van der Waals surface area contributed by atoms with E-state index in [1.807, 2.05) is 36.1 Å². The number of nitrogens with two attached hydrogens (primary N) is 1. The number of nitriles is 1. The van der Waals surface area contributed by atoms with Crippen LogP contribution >= 0.6 is 0 Å². The number of rotatable bonds is 3. The molecule has 1 atom stereocenters. The SMILES string of the molecule is COc1cc(C2C(C#N)=C(N)N(c3ccccc3C)C3=C2C(=O)CC(C)(C)C3)ccc1O. The van der Waals surface area contributed by atoms with Crippen molar-refractivity contribution in [3.63, 3.8) is 0 Å². The van der Waals surface area contributed by atoms with E-state index in [-0.39, 0.29) is 22.7 Å². The zero-order valence-electron chi connectivity index (χ0n) is 18.8. The zero-order chi connectivity index (χ0) is 23.2. The molecule has 6 nitrogen and oxygen atoms in total. The van der Waals surface area contributed by atoms with Gasteiger partial charge in [0, 0.05) is 17.7 Å². The van der Waals surface area contributed by atoms with Gasteiger partial charge in [-0.3, -0.25) is 9.69 Å². The Morgan fingerprint density at radius 2 is 1.94 bits per heavy atom. The maximum atomic E-state index is 13.5. The highest BCUT2D eigenvalue weighted by atomic mass is 16.5. The quantitative estimate of drug-likeness (QED) is 0.737. The lowest BCUT2D eigenvalue weighted by Crippen LogP contribution is -2.42. The third kappa shape index (κ3) is 3.40. The van der Waals surface area contributed by atoms with Crippen LogP contribution in [-0.2, 0) is 4.79 Å². The van der Waals surface area contributed by atoms with Crippen molar-refractivity contribution in [1.29, 1.82) is 5.26 Å². The molecule has 0 amide bonds. The van der Waals surface area contributed by atoms with Crippen LogP contribution in [0.2, 0.25) is 0 Å². The second kappa shape index (κ2) is 7.76. The Morgan fingerprint density at radius 3 is 2.59 bits per heavy atom. The van der Waals surface area contributed by atoms with Gasteiger partial charge >= 0.3 is 0 Å². The lowest BCUT2D eigenvalue weighted by atomic mass is 9.68. The van der Waals surface area contributed by atoms with E-state index in [1.54, 1.807) is 12.1 Å². The summed E-state index contributed by atoms with van der Waals surface area (Å²) in [6.07, 6.45) is 1.03. The number of nitrogens with zero attached hydrogens (tertiary/aromatic N) is 2. The number of carbonyl (C=O) groups excluding carboxylic acids is 1. The lowest BCUT2D eigenvalue weighted by Gasteiger charge is -2.44. The molecule has 0 saturated heterocycles. The minimum atomic E-state index is -0.617. The first-order chi connectivity index (χ1) is 15.2. The molecule has 1 unspecified atom stereocenters. The number of benzene rings is 2. The molecule has 2 aromatic carbocycles. The van der Waals surface area contributed by atoms with E-state index in [1.165, 1.54) is 13.2 Å². The first-order valence-electron chi connectivity index (χ1n) is 10.6. The summed E-state index contributed by atoms with van der Waals surface area (Å²) in [7, 11) is 1.47. The predicted molar refractivity (Wildman–Crippen MR) is 123 cm³/mol. The van der Waals surface area contributed by atoms with Crippen molar-refractivity contribution >= 4 is 11.5 Å². The van der Waals surface area contributed by atoms with Crippen LogP contribution in [0, 0.1) is 23.7 Å². The standard InChI is InChI=1S/C26H27N3O3/c1-15-7-5-6-8-18(15)29-19-12-26(2,3)13-21(31)24(19)23(17(14-27)25(29)28)16-9-10-20(30)22(11-16)32-4/h5-11,23,30H,12-13,28H2,1-4H3. The van der Waals surface area contributed by atoms with Crippen LogP contribution in [0.5, 0.6) is 11.5 Å². The van der Waals surface area contributed by atoms with Crippen molar-refractivity contribution in [3.05, 3.63) is 76.3 Å². The average Bonchev–Trinajstić information content (AvgIpc) is 2.73. The third-order valence-electron chi connectivity index (χ3n) is 6.27. The Hall–Kier alpha value is -3.72. The zero-order valence-corrected chi connectivity index (χ0v) is 18.8. The number of ether oxygens (including phenoxy) is 1. The number of Topliss-reactive ketones (excluding diaryl/α,β-unsaturated/α-hetero) is 1. The highest BCUT2D eigenvalue weighted by Crippen LogP contribution is 2.51. The predicted octanol–water partition coefficient (Wildman–Crippen LogP) is 4.65. The van der Waals surface area contributed by atoms with Crippen molar-refractivity contribution in [2.75, 3.05) is 12.0 Å². The average molecular weight is 430 g/mol. The molecule has 1 aliphatic heterocycles. The molecule has 32 heavy (non-hydrogen) atoms. The summed E-state index contributed by atoms with van der Waals surface area (Å²) < 4.78 is 5.28. The minimum Gasteiger partial charge on any atom is -0.504 e. The molecule has 0 fully saturated rings. The Labute approximate surface area is 188 Å². The van der Waals surface area contributed by atoms with Crippen LogP contribution in [0.25, 0.3) is 0 Å². The van der Waals surface area contributed by atoms with Gasteiger partial charge in [0.15, 0.2) is 17.3 Å². The molecule has 1 heterocycles. The second-order valence-corrected chi connectivity index (χ2v) is 9.20. The fourth-order valence-corrected chi connectivity index (χ4v) is 4.81. The number of aromatic hydroxyl groups is 1. The topological polar surface area (TPSA) is 99.6 Å². The van der Waals surface area contributed by atoms with Gasteiger partial charge in [-0.2, -0.15) is 5.26 Å². The van der Waals surface area contributed by atoms with Gasteiger partial charge in [0.1, 0.15) is 5.82 Å². The lowest BCUT2D eigenvalue weighted by molar-refractivity contribution is -0.118. The van der Waals surface area contributed by atoms with E-state index < -0.39 is 5.92 Å². The van der Waals surface area contributed by atoms with Crippen LogP contribution in [0.3, 0.4) is 0 Å². The highest BCUT2D eigenvalue weighted by molar-refractivity contribution is 6.01. The van der Waals surface area contributed by atoms with Gasteiger partial charge in [-0.25, -0.2) is 0 Å². The van der Waals surface area contributed by atoms with Crippen LogP contribution in [-0.4, -0.2) is 18.0 Å². The summed E-state index contributed by atoms with van der Waals surface area (Å²) in [5.74, 6) is -0.0108. The second-order valence-electron chi connectivity index (χ2n) is 9.20. The molecule has 4 rings (SSSR count). The maximum Gasteiger partial charge on any atom is 0.162 e. The molecule has 0 radical (unpaired) electrons. The molecule has 1 aliphatic carbocycles. The number of carbonyl (C=O) groups is 1. The number of methoxy groups -OCH3 is 1. The summed E-state index contributed by atoms with van der Waals surface area (Å²) in [6, 6.07) is 15.0. The van der Waals surface area contributed by atoms with Crippen LogP contribution < -0.4 is 15.4 Å². The fourth-order valence-electron chi connectivity index (χ4n) is 4.81. The van der Waals surface area contributed by atoms with Crippen molar-refractivity contribution in [2.24, 2.45) is 11.1 Å². The van der Waals surface area contributed by atoms with Gasteiger partial charge < -0.3 is 15.6 Å². The molecular formula is C26H27N3O3. The third-order valence-corrected chi connectivity index (χ3v) is 6.27. The first-order valence-corrected chi connectivity index (χ1v) is 10.6. The minimum absolute atomic E-state index is 0.00522.